The van der Waals surface area contributed by atoms with Crippen LogP contribution >= 0.6 is 0 Å². The van der Waals surface area contributed by atoms with Gasteiger partial charge in [-0.3, -0.25) is 9.59 Å². The maximum Gasteiger partial charge on any atom is 0.274 e. The van der Waals surface area contributed by atoms with Crippen LogP contribution in [-0.4, -0.2) is 16.8 Å². The van der Waals surface area contributed by atoms with Gasteiger partial charge in [-0.25, -0.2) is 4.98 Å². The second-order valence-corrected chi connectivity index (χ2v) is 6.49. The molecule has 28 heavy (non-hydrogen) atoms. The van der Waals surface area contributed by atoms with E-state index in [1.165, 1.54) is 18.1 Å². The predicted octanol–water partition coefficient (Wildman–Crippen LogP) is 4.21. The van der Waals surface area contributed by atoms with Crippen molar-refractivity contribution in [2.24, 2.45) is 0 Å². The number of hydrogen-bond acceptors (Lipinski definition) is 4. The Bertz CT molecular complexity index is 967. The van der Waals surface area contributed by atoms with Gasteiger partial charge >= 0.3 is 0 Å². The van der Waals surface area contributed by atoms with Gasteiger partial charge in [0.15, 0.2) is 0 Å². The van der Waals surface area contributed by atoms with Crippen molar-refractivity contribution in [2.75, 3.05) is 16.0 Å². The van der Waals surface area contributed by atoms with Crippen molar-refractivity contribution in [1.82, 2.24) is 4.98 Å². The summed E-state index contributed by atoms with van der Waals surface area (Å²) >= 11 is 0. The van der Waals surface area contributed by atoms with Crippen LogP contribution in [0, 0.1) is 6.92 Å². The van der Waals surface area contributed by atoms with Crippen molar-refractivity contribution in [3.63, 3.8) is 0 Å². The zero-order valence-corrected chi connectivity index (χ0v) is 15.8. The highest BCUT2D eigenvalue weighted by Gasteiger charge is 2.08. The number of pyridine rings is 1. The van der Waals surface area contributed by atoms with Crippen LogP contribution in [0.3, 0.4) is 0 Å². The van der Waals surface area contributed by atoms with Crippen molar-refractivity contribution >= 4 is 28.9 Å². The van der Waals surface area contributed by atoms with Gasteiger partial charge in [-0.15, -0.1) is 0 Å². The lowest BCUT2D eigenvalue weighted by Crippen LogP contribution is -2.14. The van der Waals surface area contributed by atoms with Gasteiger partial charge in [0.2, 0.25) is 5.91 Å². The van der Waals surface area contributed by atoms with E-state index in [4.69, 9.17) is 0 Å². The molecule has 0 fully saturated rings. The summed E-state index contributed by atoms with van der Waals surface area (Å²) in [7, 11) is 0. The topological polar surface area (TPSA) is 83.1 Å². The third-order valence-corrected chi connectivity index (χ3v) is 4.04. The van der Waals surface area contributed by atoms with E-state index in [-0.39, 0.29) is 11.8 Å². The quantitative estimate of drug-likeness (QED) is 0.603. The van der Waals surface area contributed by atoms with Gasteiger partial charge in [0.05, 0.1) is 11.9 Å². The van der Waals surface area contributed by atoms with E-state index in [1.807, 2.05) is 12.1 Å². The summed E-state index contributed by atoms with van der Waals surface area (Å²) in [5, 5.41) is 8.76. The summed E-state index contributed by atoms with van der Waals surface area (Å²) in [6.45, 7) is 4.20. The van der Waals surface area contributed by atoms with E-state index in [0.29, 0.717) is 23.6 Å². The first-order valence-corrected chi connectivity index (χ1v) is 8.94. The lowest BCUT2D eigenvalue weighted by Gasteiger charge is -2.09. The minimum Gasteiger partial charge on any atom is -0.380 e. The molecule has 0 spiro atoms. The van der Waals surface area contributed by atoms with Crippen LogP contribution in [0.2, 0.25) is 0 Å². The first-order valence-electron chi connectivity index (χ1n) is 8.94. The Morgan fingerprint density at radius 3 is 2.18 bits per heavy atom. The highest BCUT2D eigenvalue weighted by molar-refractivity contribution is 6.03. The Labute approximate surface area is 164 Å². The van der Waals surface area contributed by atoms with Crippen molar-refractivity contribution in [1.29, 1.82) is 0 Å². The number of hydrogen-bond donors (Lipinski definition) is 3. The maximum atomic E-state index is 12.3. The molecule has 0 aliphatic rings. The molecule has 142 valence electrons. The molecule has 3 rings (SSSR count). The van der Waals surface area contributed by atoms with Crippen molar-refractivity contribution in [2.45, 2.75) is 20.4 Å². The predicted molar refractivity (Wildman–Crippen MR) is 111 cm³/mol. The fourth-order valence-corrected chi connectivity index (χ4v) is 2.69. The Balaban J connectivity index is 1.56. The minimum atomic E-state index is -0.294. The molecule has 0 aliphatic carbocycles. The fraction of sp³-hybridized carbons (Fsp3) is 0.136. The van der Waals surface area contributed by atoms with Crippen LogP contribution in [0.5, 0.6) is 0 Å². The molecule has 2 amide bonds. The average Bonchev–Trinajstić information content (AvgIpc) is 2.68. The molecule has 0 unspecified atom stereocenters. The second kappa shape index (κ2) is 8.81. The number of aromatic nitrogens is 1. The van der Waals surface area contributed by atoms with Crippen molar-refractivity contribution < 1.29 is 9.59 Å². The van der Waals surface area contributed by atoms with Gasteiger partial charge in [-0.2, -0.15) is 0 Å². The zero-order valence-electron chi connectivity index (χ0n) is 15.8. The van der Waals surface area contributed by atoms with Gasteiger partial charge in [0.25, 0.3) is 5.91 Å². The first kappa shape index (κ1) is 19.1. The second-order valence-electron chi connectivity index (χ2n) is 6.49. The van der Waals surface area contributed by atoms with Crippen LogP contribution in [-0.2, 0) is 11.3 Å². The SMILES string of the molecule is CC(=O)Nc1ccc(NC(=O)c2ccc(NCc3cccc(C)c3)cn2)cc1. The molecule has 2 aromatic carbocycles. The molecular formula is C22H22N4O2. The van der Waals surface area contributed by atoms with Crippen LogP contribution < -0.4 is 16.0 Å². The van der Waals surface area contributed by atoms with Crippen LogP contribution in [0.15, 0.2) is 66.9 Å². The van der Waals surface area contributed by atoms with Gasteiger partial charge in [0, 0.05) is 24.8 Å². The summed E-state index contributed by atoms with van der Waals surface area (Å²) in [6.07, 6.45) is 1.64. The van der Waals surface area contributed by atoms with Crippen LogP contribution in [0.1, 0.15) is 28.5 Å². The van der Waals surface area contributed by atoms with Gasteiger partial charge in [0.1, 0.15) is 5.69 Å². The van der Waals surface area contributed by atoms with E-state index in [1.54, 1.807) is 36.5 Å². The van der Waals surface area contributed by atoms with Crippen molar-refractivity contribution in [3.8, 4) is 0 Å². The molecule has 3 N–H and O–H groups in total. The summed E-state index contributed by atoms with van der Waals surface area (Å²) in [6, 6.07) is 18.7. The maximum absolute atomic E-state index is 12.3. The van der Waals surface area contributed by atoms with E-state index < -0.39 is 0 Å². The van der Waals surface area contributed by atoms with Gasteiger partial charge in [-0.05, 0) is 48.9 Å². The van der Waals surface area contributed by atoms with E-state index in [2.05, 4.69) is 46.1 Å². The number of anilines is 3. The summed E-state index contributed by atoms with van der Waals surface area (Å²) in [5.41, 5.74) is 4.87. The molecule has 0 saturated carbocycles. The van der Waals surface area contributed by atoms with E-state index >= 15 is 0 Å². The van der Waals surface area contributed by atoms with Gasteiger partial charge in [-0.1, -0.05) is 29.8 Å². The normalized spacial score (nSPS) is 10.2. The molecule has 0 radical (unpaired) electrons. The third-order valence-electron chi connectivity index (χ3n) is 4.04. The molecular weight excluding hydrogens is 352 g/mol. The number of carbonyl (C=O) groups excluding carboxylic acids is 2. The smallest absolute Gasteiger partial charge is 0.274 e. The van der Waals surface area contributed by atoms with E-state index in [0.717, 1.165) is 5.69 Å². The lowest BCUT2D eigenvalue weighted by molar-refractivity contribution is -0.114. The number of carbonyl (C=O) groups is 2. The molecule has 6 heteroatoms. The molecule has 1 heterocycles. The highest BCUT2D eigenvalue weighted by atomic mass is 16.2. The van der Waals surface area contributed by atoms with Crippen LogP contribution in [0.25, 0.3) is 0 Å². The number of nitrogens with zero attached hydrogens (tertiary/aromatic N) is 1. The van der Waals surface area contributed by atoms with Crippen molar-refractivity contribution in [3.05, 3.63) is 83.7 Å². The Kier molecular flexibility index (Phi) is 6.01. The van der Waals surface area contributed by atoms with E-state index in [9.17, 15) is 9.59 Å². The molecule has 6 nitrogen and oxygen atoms in total. The molecule has 0 aliphatic heterocycles. The highest BCUT2D eigenvalue weighted by Crippen LogP contribution is 2.15. The Hall–Kier alpha value is -3.67. The summed E-state index contributed by atoms with van der Waals surface area (Å²) in [4.78, 5) is 27.6. The Morgan fingerprint density at radius 2 is 1.57 bits per heavy atom. The zero-order chi connectivity index (χ0) is 19.9. The first-order chi connectivity index (χ1) is 13.5. The summed E-state index contributed by atoms with van der Waals surface area (Å²) in [5.74, 6) is -0.436. The molecule has 0 atom stereocenters. The third kappa shape index (κ3) is 5.41. The Morgan fingerprint density at radius 1 is 0.893 bits per heavy atom. The number of aryl methyl sites for hydroxylation is 1. The number of benzene rings is 2. The molecule has 0 bridgehead atoms. The lowest BCUT2D eigenvalue weighted by atomic mass is 10.1. The van der Waals surface area contributed by atoms with Gasteiger partial charge < -0.3 is 16.0 Å². The summed E-state index contributed by atoms with van der Waals surface area (Å²) < 4.78 is 0. The number of nitrogens with one attached hydrogen (secondary N) is 3. The monoisotopic (exact) mass is 374 g/mol. The molecule has 1 aromatic heterocycles. The standard InChI is InChI=1S/C22H22N4O2/c1-15-4-3-5-17(12-15)13-23-20-10-11-21(24-14-20)22(28)26-19-8-6-18(7-9-19)25-16(2)27/h3-12,14,23H,13H2,1-2H3,(H,25,27)(H,26,28). The number of rotatable bonds is 6. The average molecular weight is 374 g/mol. The molecule has 3 aromatic rings. The minimum absolute atomic E-state index is 0.142. The fourth-order valence-electron chi connectivity index (χ4n) is 2.69. The van der Waals surface area contributed by atoms with Crippen LogP contribution in [0.4, 0.5) is 17.1 Å². The number of amides is 2. The molecule has 0 saturated heterocycles. The largest absolute Gasteiger partial charge is 0.380 e.